The Labute approximate surface area is 101 Å². The minimum atomic E-state index is -0.363. The number of rotatable bonds is 3. The molecule has 5 heteroatoms. The average Bonchev–Trinajstić information content (AvgIpc) is 2.81. The van der Waals surface area contributed by atoms with Crippen LogP contribution in [-0.2, 0) is 0 Å². The van der Waals surface area contributed by atoms with Crippen molar-refractivity contribution in [1.29, 1.82) is 0 Å². The first kappa shape index (κ1) is 12.1. The van der Waals surface area contributed by atoms with E-state index in [4.69, 9.17) is 0 Å². The number of nitrogens with zero attached hydrogens (tertiary/aromatic N) is 2. The molecule has 94 valence electrons. The molecule has 2 N–H and O–H groups in total. The Hall–Kier alpha value is -1.36. The molecule has 2 heterocycles. The maximum Gasteiger partial charge on any atom is 0.257 e. The Balaban J connectivity index is 2.08. The number of aliphatic hydroxyl groups excluding tert-OH is 1. The van der Waals surface area contributed by atoms with Gasteiger partial charge in [0, 0.05) is 18.8 Å². The number of aromatic amines is 1. The van der Waals surface area contributed by atoms with Gasteiger partial charge in [0.25, 0.3) is 5.91 Å². The molecule has 1 fully saturated rings. The summed E-state index contributed by atoms with van der Waals surface area (Å²) in [5, 5.41) is 15.9. The number of likely N-dealkylation sites (tertiary alicyclic amines) is 1. The SMILES string of the molecule is CC(O)CC1CCCCN1C(=O)c1cn[nH]c1. The van der Waals surface area contributed by atoms with Crippen molar-refractivity contribution >= 4 is 5.91 Å². The summed E-state index contributed by atoms with van der Waals surface area (Å²) in [6.45, 7) is 2.55. The van der Waals surface area contributed by atoms with Crippen LogP contribution in [0.5, 0.6) is 0 Å². The summed E-state index contributed by atoms with van der Waals surface area (Å²) >= 11 is 0. The van der Waals surface area contributed by atoms with Crippen molar-refractivity contribution in [2.45, 2.75) is 44.8 Å². The lowest BCUT2D eigenvalue weighted by molar-refractivity contribution is 0.0515. The fraction of sp³-hybridized carbons (Fsp3) is 0.667. The van der Waals surface area contributed by atoms with E-state index in [0.717, 1.165) is 25.8 Å². The van der Waals surface area contributed by atoms with Gasteiger partial charge < -0.3 is 10.0 Å². The molecule has 1 aliphatic rings. The Morgan fingerprint density at radius 2 is 2.53 bits per heavy atom. The molecule has 0 radical (unpaired) electrons. The van der Waals surface area contributed by atoms with Gasteiger partial charge in [-0.15, -0.1) is 0 Å². The van der Waals surface area contributed by atoms with Crippen LogP contribution >= 0.6 is 0 Å². The lowest BCUT2D eigenvalue weighted by Crippen LogP contribution is -2.44. The van der Waals surface area contributed by atoms with Gasteiger partial charge in [-0.25, -0.2) is 0 Å². The molecule has 1 amide bonds. The standard InChI is InChI=1S/C12H19N3O2/c1-9(16)6-11-4-2-3-5-15(11)12(17)10-7-13-14-8-10/h7-9,11,16H,2-6H2,1H3,(H,13,14). The molecule has 0 saturated carbocycles. The maximum atomic E-state index is 12.2. The Morgan fingerprint density at radius 3 is 3.18 bits per heavy atom. The van der Waals surface area contributed by atoms with Crippen molar-refractivity contribution in [3.63, 3.8) is 0 Å². The minimum Gasteiger partial charge on any atom is -0.393 e. The van der Waals surface area contributed by atoms with Crippen LogP contribution in [0.2, 0.25) is 0 Å². The van der Waals surface area contributed by atoms with Gasteiger partial charge in [0.2, 0.25) is 0 Å². The minimum absolute atomic E-state index is 0.0177. The molecule has 2 atom stereocenters. The number of nitrogens with one attached hydrogen (secondary N) is 1. The smallest absolute Gasteiger partial charge is 0.257 e. The summed E-state index contributed by atoms with van der Waals surface area (Å²) in [7, 11) is 0. The zero-order valence-electron chi connectivity index (χ0n) is 10.1. The second-order valence-electron chi connectivity index (χ2n) is 4.72. The van der Waals surface area contributed by atoms with Gasteiger partial charge in [-0.2, -0.15) is 5.10 Å². The third kappa shape index (κ3) is 2.85. The highest BCUT2D eigenvalue weighted by Gasteiger charge is 2.28. The van der Waals surface area contributed by atoms with Crippen molar-refractivity contribution in [2.24, 2.45) is 0 Å². The van der Waals surface area contributed by atoms with Crippen molar-refractivity contribution < 1.29 is 9.90 Å². The maximum absolute atomic E-state index is 12.2. The average molecular weight is 237 g/mol. The molecule has 1 saturated heterocycles. The number of hydrogen-bond acceptors (Lipinski definition) is 3. The van der Waals surface area contributed by atoms with E-state index in [9.17, 15) is 9.90 Å². The van der Waals surface area contributed by atoms with E-state index in [0.29, 0.717) is 12.0 Å². The number of piperidine rings is 1. The summed E-state index contributed by atoms with van der Waals surface area (Å²) in [5.74, 6) is 0.0177. The van der Waals surface area contributed by atoms with Crippen molar-refractivity contribution in [1.82, 2.24) is 15.1 Å². The molecule has 1 aromatic rings. The van der Waals surface area contributed by atoms with E-state index in [1.807, 2.05) is 4.90 Å². The number of carbonyl (C=O) groups is 1. The summed E-state index contributed by atoms with van der Waals surface area (Å²) in [4.78, 5) is 14.1. The lowest BCUT2D eigenvalue weighted by atomic mass is 9.96. The molecule has 1 aromatic heterocycles. The zero-order valence-corrected chi connectivity index (χ0v) is 10.1. The summed E-state index contributed by atoms with van der Waals surface area (Å²) in [6.07, 6.45) is 6.62. The number of aromatic nitrogens is 2. The second-order valence-corrected chi connectivity index (χ2v) is 4.72. The van der Waals surface area contributed by atoms with Gasteiger partial charge in [0.05, 0.1) is 17.9 Å². The van der Waals surface area contributed by atoms with Crippen LogP contribution in [0.1, 0.15) is 43.0 Å². The van der Waals surface area contributed by atoms with Crippen LogP contribution < -0.4 is 0 Å². The quantitative estimate of drug-likeness (QED) is 0.829. The monoisotopic (exact) mass is 237 g/mol. The van der Waals surface area contributed by atoms with E-state index in [-0.39, 0.29) is 18.1 Å². The number of amides is 1. The van der Waals surface area contributed by atoms with E-state index >= 15 is 0 Å². The van der Waals surface area contributed by atoms with E-state index in [1.54, 1.807) is 19.3 Å². The molecule has 1 aliphatic heterocycles. The van der Waals surface area contributed by atoms with E-state index in [1.165, 1.54) is 0 Å². The molecular weight excluding hydrogens is 218 g/mol. The molecular formula is C12H19N3O2. The van der Waals surface area contributed by atoms with Crippen LogP contribution in [0.15, 0.2) is 12.4 Å². The Morgan fingerprint density at radius 1 is 1.71 bits per heavy atom. The second kappa shape index (κ2) is 5.31. The predicted molar refractivity (Wildman–Crippen MR) is 63.6 cm³/mol. The van der Waals surface area contributed by atoms with Crippen molar-refractivity contribution in [2.75, 3.05) is 6.54 Å². The first-order valence-corrected chi connectivity index (χ1v) is 6.16. The summed E-state index contributed by atoms with van der Waals surface area (Å²) in [5.41, 5.74) is 0.600. The van der Waals surface area contributed by atoms with Gasteiger partial charge in [0.1, 0.15) is 0 Å². The topological polar surface area (TPSA) is 69.2 Å². The molecule has 5 nitrogen and oxygen atoms in total. The van der Waals surface area contributed by atoms with Crippen LogP contribution in [-0.4, -0.2) is 44.8 Å². The molecule has 0 aromatic carbocycles. The normalized spacial score (nSPS) is 22.5. The first-order chi connectivity index (χ1) is 8.18. The van der Waals surface area contributed by atoms with Gasteiger partial charge in [-0.1, -0.05) is 0 Å². The lowest BCUT2D eigenvalue weighted by Gasteiger charge is -2.36. The zero-order chi connectivity index (χ0) is 12.3. The molecule has 0 spiro atoms. The molecule has 2 unspecified atom stereocenters. The third-order valence-electron chi connectivity index (χ3n) is 3.25. The van der Waals surface area contributed by atoms with Crippen LogP contribution in [0, 0.1) is 0 Å². The third-order valence-corrected chi connectivity index (χ3v) is 3.25. The highest BCUT2D eigenvalue weighted by atomic mass is 16.3. The highest BCUT2D eigenvalue weighted by molar-refractivity contribution is 5.93. The summed E-state index contributed by atoms with van der Waals surface area (Å²) < 4.78 is 0. The van der Waals surface area contributed by atoms with Crippen LogP contribution in [0.3, 0.4) is 0 Å². The fourth-order valence-corrected chi connectivity index (χ4v) is 2.44. The first-order valence-electron chi connectivity index (χ1n) is 6.16. The van der Waals surface area contributed by atoms with Gasteiger partial charge in [-0.05, 0) is 32.6 Å². The number of hydrogen-bond donors (Lipinski definition) is 2. The fourth-order valence-electron chi connectivity index (χ4n) is 2.44. The molecule has 17 heavy (non-hydrogen) atoms. The highest BCUT2D eigenvalue weighted by Crippen LogP contribution is 2.22. The molecule has 0 aliphatic carbocycles. The van der Waals surface area contributed by atoms with Gasteiger partial charge in [-0.3, -0.25) is 9.89 Å². The summed E-state index contributed by atoms with van der Waals surface area (Å²) in [6, 6.07) is 0.158. The predicted octanol–water partition coefficient (Wildman–Crippen LogP) is 1.18. The van der Waals surface area contributed by atoms with Crippen molar-refractivity contribution in [3.05, 3.63) is 18.0 Å². The largest absolute Gasteiger partial charge is 0.393 e. The Bertz CT molecular complexity index is 362. The van der Waals surface area contributed by atoms with Crippen molar-refractivity contribution in [3.8, 4) is 0 Å². The number of aliphatic hydroxyl groups is 1. The van der Waals surface area contributed by atoms with Gasteiger partial charge >= 0.3 is 0 Å². The van der Waals surface area contributed by atoms with E-state index in [2.05, 4.69) is 10.2 Å². The molecule has 0 bridgehead atoms. The number of carbonyl (C=O) groups excluding carboxylic acids is 1. The molecule has 2 rings (SSSR count). The van der Waals surface area contributed by atoms with Gasteiger partial charge in [0.15, 0.2) is 0 Å². The van der Waals surface area contributed by atoms with Crippen LogP contribution in [0.4, 0.5) is 0 Å². The van der Waals surface area contributed by atoms with E-state index < -0.39 is 0 Å². The number of H-pyrrole nitrogens is 1. The van der Waals surface area contributed by atoms with Crippen LogP contribution in [0.25, 0.3) is 0 Å². The Kier molecular flexibility index (Phi) is 3.78.